The van der Waals surface area contributed by atoms with E-state index >= 15 is 0 Å². The molecule has 9 nitrogen and oxygen atoms in total. The molecule has 1 atom stereocenters. The van der Waals surface area contributed by atoms with Crippen molar-refractivity contribution in [2.45, 2.75) is 19.9 Å². The van der Waals surface area contributed by atoms with Crippen LogP contribution in [-0.4, -0.2) is 31.8 Å². The van der Waals surface area contributed by atoms with E-state index in [9.17, 15) is 14.4 Å². The maximum Gasteiger partial charge on any atom is 0.374 e. The van der Waals surface area contributed by atoms with Gasteiger partial charge in [-0.3, -0.25) is 13.9 Å². The van der Waals surface area contributed by atoms with Gasteiger partial charge in [-0.2, -0.15) is 0 Å². The molecular formula is C16H18N4O5. The van der Waals surface area contributed by atoms with Crippen molar-refractivity contribution in [2.75, 3.05) is 7.11 Å². The molecule has 3 heterocycles. The first-order valence-electron chi connectivity index (χ1n) is 7.59. The number of ether oxygens (including phenoxy) is 1. The number of nitrogens with zero attached hydrogens (tertiary/aromatic N) is 4. The van der Waals surface area contributed by atoms with Crippen LogP contribution in [0.2, 0.25) is 0 Å². The highest BCUT2D eigenvalue weighted by atomic mass is 16.5. The standard InChI is InChI=1S/C16H18N4O5/c1-8-6-10(25-12(8)15(22)24-5)9(2)20-7-17-13-11(20)14(21)19(4)16(23)18(13)3/h6-7,9H,1-5H3. The molecule has 0 aliphatic rings. The number of carbonyl (C=O) groups excluding carboxylic acids is 1. The molecule has 0 aliphatic heterocycles. The third-order valence-electron chi connectivity index (χ3n) is 4.31. The number of imidazole rings is 1. The van der Waals surface area contributed by atoms with E-state index in [0.717, 1.165) is 4.57 Å². The fraction of sp³-hybridized carbons (Fsp3) is 0.375. The van der Waals surface area contributed by atoms with Crippen molar-refractivity contribution in [2.24, 2.45) is 14.1 Å². The Hall–Kier alpha value is -3.10. The van der Waals surface area contributed by atoms with Crippen LogP contribution < -0.4 is 11.2 Å². The highest BCUT2D eigenvalue weighted by Gasteiger charge is 2.23. The largest absolute Gasteiger partial charge is 0.463 e. The minimum atomic E-state index is -0.565. The predicted molar refractivity (Wildman–Crippen MR) is 88.8 cm³/mol. The van der Waals surface area contributed by atoms with Crippen LogP contribution in [-0.2, 0) is 18.8 Å². The highest BCUT2D eigenvalue weighted by molar-refractivity contribution is 5.87. The fourth-order valence-electron chi connectivity index (χ4n) is 2.80. The molecule has 0 bridgehead atoms. The number of hydrogen-bond acceptors (Lipinski definition) is 6. The van der Waals surface area contributed by atoms with Gasteiger partial charge in [-0.25, -0.2) is 14.6 Å². The number of aryl methyl sites for hydroxylation is 2. The lowest BCUT2D eigenvalue weighted by Crippen LogP contribution is -2.37. The van der Waals surface area contributed by atoms with Crippen molar-refractivity contribution in [3.63, 3.8) is 0 Å². The maximum atomic E-state index is 12.5. The zero-order chi connectivity index (χ0) is 18.5. The number of carbonyl (C=O) groups is 1. The van der Waals surface area contributed by atoms with Crippen LogP contribution in [0.1, 0.15) is 34.8 Å². The monoisotopic (exact) mass is 346 g/mol. The molecule has 0 fully saturated rings. The molecule has 1 unspecified atom stereocenters. The molecule has 0 saturated heterocycles. The van der Waals surface area contributed by atoms with E-state index in [1.165, 1.54) is 25.1 Å². The average molecular weight is 346 g/mol. The van der Waals surface area contributed by atoms with Gasteiger partial charge in [0.25, 0.3) is 5.56 Å². The lowest BCUT2D eigenvalue weighted by molar-refractivity contribution is 0.0561. The normalized spacial score (nSPS) is 12.5. The van der Waals surface area contributed by atoms with Gasteiger partial charge in [0, 0.05) is 19.7 Å². The zero-order valence-electron chi connectivity index (χ0n) is 14.6. The van der Waals surface area contributed by atoms with Gasteiger partial charge in [-0.15, -0.1) is 0 Å². The molecule has 3 aromatic rings. The molecule has 0 aliphatic carbocycles. The van der Waals surface area contributed by atoms with Gasteiger partial charge >= 0.3 is 11.7 Å². The van der Waals surface area contributed by atoms with E-state index in [0.29, 0.717) is 11.3 Å². The lowest BCUT2D eigenvalue weighted by Gasteiger charge is -2.12. The molecule has 0 radical (unpaired) electrons. The first kappa shape index (κ1) is 16.7. The predicted octanol–water partition coefficient (Wildman–Crippen LogP) is 0.731. The minimum Gasteiger partial charge on any atom is -0.463 e. The molecule has 0 saturated carbocycles. The summed E-state index contributed by atoms with van der Waals surface area (Å²) < 4.78 is 14.3. The Morgan fingerprint density at radius 1 is 1.28 bits per heavy atom. The Balaban J connectivity index is 2.19. The van der Waals surface area contributed by atoms with Crippen LogP contribution in [0.5, 0.6) is 0 Å². The van der Waals surface area contributed by atoms with E-state index in [1.807, 2.05) is 6.92 Å². The van der Waals surface area contributed by atoms with Crippen LogP contribution >= 0.6 is 0 Å². The van der Waals surface area contributed by atoms with E-state index in [1.54, 1.807) is 24.6 Å². The van der Waals surface area contributed by atoms with Crippen molar-refractivity contribution >= 4 is 17.1 Å². The van der Waals surface area contributed by atoms with Gasteiger partial charge < -0.3 is 13.7 Å². The Labute approximate surface area is 142 Å². The number of rotatable bonds is 3. The number of fused-ring (bicyclic) bond motifs is 1. The molecule has 3 aromatic heterocycles. The third-order valence-corrected chi connectivity index (χ3v) is 4.31. The molecule has 3 rings (SSSR count). The number of aromatic nitrogens is 4. The fourth-order valence-corrected chi connectivity index (χ4v) is 2.80. The summed E-state index contributed by atoms with van der Waals surface area (Å²) >= 11 is 0. The maximum absolute atomic E-state index is 12.5. The second-order valence-corrected chi connectivity index (χ2v) is 5.86. The van der Waals surface area contributed by atoms with Gasteiger partial charge in [0.1, 0.15) is 5.76 Å². The number of methoxy groups -OCH3 is 1. The second-order valence-electron chi connectivity index (χ2n) is 5.86. The average Bonchev–Trinajstić information content (AvgIpc) is 3.20. The summed E-state index contributed by atoms with van der Waals surface area (Å²) in [5.41, 5.74) is 0.316. The number of esters is 1. The van der Waals surface area contributed by atoms with Gasteiger partial charge in [0.15, 0.2) is 11.2 Å². The minimum absolute atomic E-state index is 0.120. The van der Waals surface area contributed by atoms with Crippen LogP contribution in [0.25, 0.3) is 11.2 Å². The lowest BCUT2D eigenvalue weighted by atomic mass is 10.2. The summed E-state index contributed by atoms with van der Waals surface area (Å²) in [6, 6.07) is 1.31. The summed E-state index contributed by atoms with van der Waals surface area (Å²) in [5.74, 6) is 0.0342. The van der Waals surface area contributed by atoms with Crippen LogP contribution in [0, 0.1) is 6.92 Å². The summed E-state index contributed by atoms with van der Waals surface area (Å²) in [5, 5.41) is 0. The van der Waals surface area contributed by atoms with E-state index in [-0.39, 0.29) is 16.9 Å². The Kier molecular flexibility index (Phi) is 3.86. The van der Waals surface area contributed by atoms with Gasteiger partial charge in [0.2, 0.25) is 5.76 Å². The molecule has 0 aromatic carbocycles. The van der Waals surface area contributed by atoms with Gasteiger partial charge in [-0.05, 0) is 19.9 Å². The Morgan fingerprint density at radius 2 is 1.96 bits per heavy atom. The third kappa shape index (κ3) is 2.39. The first-order valence-corrected chi connectivity index (χ1v) is 7.59. The topological polar surface area (TPSA) is 101 Å². The van der Waals surface area contributed by atoms with Crippen LogP contribution in [0.4, 0.5) is 0 Å². The molecule has 9 heteroatoms. The summed E-state index contributed by atoms with van der Waals surface area (Å²) in [7, 11) is 4.25. The highest BCUT2D eigenvalue weighted by Crippen LogP contribution is 2.26. The first-order chi connectivity index (χ1) is 11.8. The Morgan fingerprint density at radius 3 is 2.60 bits per heavy atom. The smallest absolute Gasteiger partial charge is 0.374 e. The molecule has 0 amide bonds. The van der Waals surface area contributed by atoms with E-state index < -0.39 is 23.3 Å². The van der Waals surface area contributed by atoms with Crippen molar-refractivity contribution in [1.29, 1.82) is 0 Å². The summed E-state index contributed by atoms with van der Waals surface area (Å²) in [4.78, 5) is 40.5. The van der Waals surface area contributed by atoms with Gasteiger partial charge in [-0.1, -0.05) is 0 Å². The van der Waals surface area contributed by atoms with Crippen molar-refractivity contribution in [1.82, 2.24) is 18.7 Å². The zero-order valence-corrected chi connectivity index (χ0v) is 14.6. The van der Waals surface area contributed by atoms with Gasteiger partial charge in [0.05, 0.1) is 19.5 Å². The SMILES string of the molecule is COC(=O)c1oc(C(C)n2cnc3c2c(=O)n(C)c(=O)n3C)cc1C. The van der Waals surface area contributed by atoms with Crippen molar-refractivity contribution in [3.8, 4) is 0 Å². The number of hydrogen-bond donors (Lipinski definition) is 0. The van der Waals surface area contributed by atoms with Crippen molar-refractivity contribution in [3.05, 3.63) is 50.3 Å². The molecule has 0 spiro atoms. The Bertz CT molecular complexity index is 1100. The van der Waals surface area contributed by atoms with Crippen LogP contribution in [0.15, 0.2) is 26.4 Å². The molecule has 0 N–H and O–H groups in total. The molecular weight excluding hydrogens is 328 g/mol. The quantitative estimate of drug-likeness (QED) is 0.648. The van der Waals surface area contributed by atoms with Crippen LogP contribution in [0.3, 0.4) is 0 Å². The summed E-state index contributed by atoms with van der Waals surface area (Å²) in [6.07, 6.45) is 1.48. The van der Waals surface area contributed by atoms with E-state index in [2.05, 4.69) is 4.98 Å². The molecule has 132 valence electrons. The number of furan rings is 1. The molecule has 25 heavy (non-hydrogen) atoms. The summed E-state index contributed by atoms with van der Waals surface area (Å²) in [6.45, 7) is 3.55. The van der Waals surface area contributed by atoms with Crippen molar-refractivity contribution < 1.29 is 13.9 Å². The second kappa shape index (κ2) is 5.76. The van der Waals surface area contributed by atoms with E-state index in [4.69, 9.17) is 9.15 Å².